The van der Waals surface area contributed by atoms with Crippen LogP contribution in [0.1, 0.15) is 17.5 Å². The van der Waals surface area contributed by atoms with Gasteiger partial charge in [0, 0.05) is 32.4 Å². The van der Waals surface area contributed by atoms with Crippen LogP contribution in [0, 0.1) is 6.92 Å². The molecule has 1 aliphatic rings. The van der Waals surface area contributed by atoms with E-state index < -0.39 is 6.10 Å². The van der Waals surface area contributed by atoms with Crippen LogP contribution in [0.2, 0.25) is 0 Å². The van der Waals surface area contributed by atoms with E-state index in [1.807, 2.05) is 43.5 Å². The molecule has 0 unspecified atom stereocenters. The molecule has 0 radical (unpaired) electrons. The Morgan fingerprint density at radius 3 is 2.87 bits per heavy atom. The predicted molar refractivity (Wildman–Crippen MR) is 124 cm³/mol. The van der Waals surface area contributed by atoms with Gasteiger partial charge in [-0.25, -0.2) is 15.0 Å². The number of rotatable bonds is 6. The van der Waals surface area contributed by atoms with Crippen molar-refractivity contribution in [1.82, 2.24) is 25.2 Å². The van der Waals surface area contributed by atoms with E-state index in [2.05, 4.69) is 30.5 Å². The van der Waals surface area contributed by atoms with Gasteiger partial charge in [-0.15, -0.1) is 23.7 Å². The highest BCUT2D eigenvalue weighted by Crippen LogP contribution is 2.27. The molecule has 3 N–H and O–H groups in total. The molecule has 4 rings (SSSR count). The third-order valence-corrected chi connectivity index (χ3v) is 5.84. The van der Waals surface area contributed by atoms with Gasteiger partial charge in [-0.2, -0.15) is 0 Å². The van der Waals surface area contributed by atoms with E-state index in [1.54, 1.807) is 17.5 Å². The maximum atomic E-state index is 11.3. The Bertz CT molecular complexity index is 1050. The molecule has 8 nitrogen and oxygen atoms in total. The number of carbonyl (C=O) groups excluding carboxylic acids is 1. The van der Waals surface area contributed by atoms with Crippen LogP contribution in [0.25, 0.3) is 10.6 Å². The van der Waals surface area contributed by atoms with E-state index in [9.17, 15) is 9.90 Å². The number of nitrogens with one attached hydrogen (secondary N) is 2. The number of aromatic nitrogens is 3. The summed E-state index contributed by atoms with van der Waals surface area (Å²) in [5.74, 6) is 1.35. The lowest BCUT2D eigenvalue weighted by Gasteiger charge is -2.14. The molecule has 3 aromatic heterocycles. The number of thiazole rings is 1. The van der Waals surface area contributed by atoms with Crippen LogP contribution in [-0.2, 0) is 11.3 Å². The van der Waals surface area contributed by atoms with Crippen LogP contribution in [0.4, 0.5) is 11.6 Å². The molecule has 1 amide bonds. The number of aliphatic hydroxyl groups is 1. The first kappa shape index (κ1) is 23.1. The van der Waals surface area contributed by atoms with Gasteiger partial charge in [0.1, 0.15) is 16.6 Å². The molecular formula is C21H25ClN6O2S. The number of aliphatic hydroxyl groups excluding tert-OH is 1. The number of nitrogens with zero attached hydrogens (tertiary/aromatic N) is 4. The highest BCUT2D eigenvalue weighted by Gasteiger charge is 2.32. The first-order chi connectivity index (χ1) is 14.5. The van der Waals surface area contributed by atoms with Gasteiger partial charge in [-0.05, 0) is 36.8 Å². The minimum atomic E-state index is -0.562. The zero-order valence-electron chi connectivity index (χ0n) is 17.3. The number of hydrogen-bond acceptors (Lipinski definition) is 8. The number of aryl methyl sites for hydroxylation is 1. The fourth-order valence-corrected chi connectivity index (χ4v) is 4.40. The lowest BCUT2D eigenvalue weighted by atomic mass is 10.2. The largest absolute Gasteiger partial charge is 0.390 e. The van der Waals surface area contributed by atoms with Crippen molar-refractivity contribution in [3.63, 3.8) is 0 Å². The number of halogens is 1. The molecule has 2 atom stereocenters. The Morgan fingerprint density at radius 1 is 1.26 bits per heavy atom. The molecule has 10 heteroatoms. The molecule has 0 bridgehead atoms. The Kier molecular flexibility index (Phi) is 7.55. The van der Waals surface area contributed by atoms with Crippen LogP contribution >= 0.6 is 23.7 Å². The Hall–Kier alpha value is -2.59. The Balaban J connectivity index is 0.00000272. The highest BCUT2D eigenvalue weighted by atomic mass is 35.5. The average Bonchev–Trinajstić information content (AvgIpc) is 3.29. The summed E-state index contributed by atoms with van der Waals surface area (Å²) >= 11 is 1.58. The number of amides is 1. The molecule has 1 aliphatic heterocycles. The predicted octanol–water partition coefficient (Wildman–Crippen LogP) is 2.76. The Labute approximate surface area is 191 Å². The number of carbonyl (C=O) groups is 1. The molecule has 31 heavy (non-hydrogen) atoms. The van der Waals surface area contributed by atoms with Gasteiger partial charge in [-0.1, -0.05) is 6.07 Å². The molecule has 0 aliphatic carbocycles. The quantitative estimate of drug-likeness (QED) is 0.519. The van der Waals surface area contributed by atoms with Crippen molar-refractivity contribution in [1.29, 1.82) is 0 Å². The molecule has 3 aromatic rings. The number of pyridine rings is 2. The third kappa shape index (κ3) is 5.98. The molecule has 0 saturated carbocycles. The number of hydrogen-bond donors (Lipinski definition) is 3. The smallest absolute Gasteiger partial charge is 0.217 e. The SMILES string of the molecule is CC(=O)N[C@H]1CN(Cc2ncc(-c3cccc(Nc4cc(C)ccn4)n3)s2)C[C@@H]1O.Cl. The van der Waals surface area contributed by atoms with Crippen LogP contribution in [0.15, 0.2) is 42.7 Å². The summed E-state index contributed by atoms with van der Waals surface area (Å²) < 4.78 is 0. The summed E-state index contributed by atoms with van der Waals surface area (Å²) in [4.78, 5) is 27.9. The second-order valence-corrected chi connectivity index (χ2v) is 8.55. The molecule has 164 valence electrons. The van der Waals surface area contributed by atoms with Crippen molar-refractivity contribution in [2.75, 3.05) is 18.4 Å². The van der Waals surface area contributed by atoms with E-state index in [1.165, 1.54) is 6.92 Å². The van der Waals surface area contributed by atoms with Crippen molar-refractivity contribution in [2.24, 2.45) is 0 Å². The molecule has 0 spiro atoms. The number of β-amino-alcohol motifs (C(OH)–C–C–N with tert-alkyl or cyclic N) is 1. The van der Waals surface area contributed by atoms with E-state index >= 15 is 0 Å². The summed E-state index contributed by atoms with van der Waals surface area (Å²) in [7, 11) is 0. The van der Waals surface area contributed by atoms with Crippen LogP contribution in [0.3, 0.4) is 0 Å². The number of likely N-dealkylation sites (tertiary alicyclic amines) is 1. The fraction of sp³-hybridized carbons (Fsp3) is 0.333. The lowest BCUT2D eigenvalue weighted by molar-refractivity contribution is -0.120. The highest BCUT2D eigenvalue weighted by molar-refractivity contribution is 7.15. The van der Waals surface area contributed by atoms with Gasteiger partial charge >= 0.3 is 0 Å². The zero-order valence-corrected chi connectivity index (χ0v) is 18.9. The number of anilines is 2. The minimum absolute atomic E-state index is 0. The van der Waals surface area contributed by atoms with Crippen molar-refractivity contribution in [3.8, 4) is 10.6 Å². The monoisotopic (exact) mass is 460 g/mol. The van der Waals surface area contributed by atoms with Gasteiger partial charge in [0.15, 0.2) is 0 Å². The molecule has 1 fully saturated rings. The summed E-state index contributed by atoms with van der Waals surface area (Å²) in [6.45, 7) is 5.24. The van der Waals surface area contributed by atoms with Gasteiger partial charge in [-0.3, -0.25) is 9.69 Å². The Morgan fingerprint density at radius 2 is 2.10 bits per heavy atom. The first-order valence-electron chi connectivity index (χ1n) is 9.75. The van der Waals surface area contributed by atoms with E-state index in [-0.39, 0.29) is 24.4 Å². The maximum Gasteiger partial charge on any atom is 0.217 e. The van der Waals surface area contributed by atoms with Crippen molar-refractivity contribution < 1.29 is 9.90 Å². The van der Waals surface area contributed by atoms with E-state index in [0.29, 0.717) is 19.6 Å². The zero-order chi connectivity index (χ0) is 21.1. The molecule has 4 heterocycles. The second kappa shape index (κ2) is 10.1. The summed E-state index contributed by atoms with van der Waals surface area (Å²) in [5, 5.41) is 17.1. The van der Waals surface area contributed by atoms with Gasteiger partial charge in [0.25, 0.3) is 0 Å². The van der Waals surface area contributed by atoms with E-state index in [4.69, 9.17) is 0 Å². The van der Waals surface area contributed by atoms with Gasteiger partial charge < -0.3 is 15.7 Å². The lowest BCUT2D eigenvalue weighted by Crippen LogP contribution is -2.41. The summed E-state index contributed by atoms with van der Waals surface area (Å²) in [6, 6.07) is 9.50. The van der Waals surface area contributed by atoms with Crippen molar-refractivity contribution >= 4 is 41.3 Å². The minimum Gasteiger partial charge on any atom is -0.390 e. The molecular weight excluding hydrogens is 436 g/mol. The van der Waals surface area contributed by atoms with Crippen LogP contribution in [0.5, 0.6) is 0 Å². The fourth-order valence-electron chi connectivity index (χ4n) is 3.47. The van der Waals surface area contributed by atoms with Crippen molar-refractivity contribution in [3.05, 3.63) is 53.3 Å². The summed E-state index contributed by atoms with van der Waals surface area (Å²) in [6.07, 6.45) is 3.03. The third-order valence-electron chi connectivity index (χ3n) is 4.84. The maximum absolute atomic E-state index is 11.3. The average molecular weight is 461 g/mol. The summed E-state index contributed by atoms with van der Waals surface area (Å²) in [5.41, 5.74) is 1.97. The standard InChI is InChI=1S/C21H24N6O2S.ClH/c1-13-6-7-22-20(8-13)26-19-5-3-4-15(25-19)18-9-23-21(30-18)12-27-10-16(17(29)11-27)24-14(2)28;/h3-9,16-17,29H,10-12H2,1-2H3,(H,24,28)(H,22,25,26);1H/t16-,17-;/m0./s1. The van der Waals surface area contributed by atoms with Gasteiger partial charge in [0.2, 0.25) is 5.91 Å². The van der Waals surface area contributed by atoms with Gasteiger partial charge in [0.05, 0.1) is 29.3 Å². The molecule has 0 aromatic carbocycles. The van der Waals surface area contributed by atoms with E-state index in [0.717, 1.165) is 32.8 Å². The van der Waals surface area contributed by atoms with Crippen LogP contribution < -0.4 is 10.6 Å². The second-order valence-electron chi connectivity index (χ2n) is 7.44. The molecule has 1 saturated heterocycles. The van der Waals surface area contributed by atoms with Crippen molar-refractivity contribution in [2.45, 2.75) is 32.5 Å². The first-order valence-corrected chi connectivity index (χ1v) is 10.6. The normalized spacial score (nSPS) is 18.4. The van der Waals surface area contributed by atoms with Crippen LogP contribution in [-0.4, -0.2) is 56.1 Å². The topological polar surface area (TPSA) is 103 Å².